The van der Waals surface area contributed by atoms with Crippen LogP contribution in [0.5, 0.6) is 0 Å². The van der Waals surface area contributed by atoms with E-state index in [0.29, 0.717) is 17.7 Å². The van der Waals surface area contributed by atoms with Gasteiger partial charge in [-0.1, -0.05) is 18.2 Å². The molecule has 2 aliphatic rings. The summed E-state index contributed by atoms with van der Waals surface area (Å²) in [4.78, 5) is 24.4. The maximum absolute atomic E-state index is 13.7. The molecule has 0 bridgehead atoms. The predicted octanol–water partition coefficient (Wildman–Crippen LogP) is 5.16. The molecule has 2 aromatic carbocycles. The van der Waals surface area contributed by atoms with E-state index in [1.54, 1.807) is 25.1 Å². The molecular formula is C23H22FN3O2. The number of nitrogens with one attached hydrogen (secondary N) is 1. The average molecular weight is 391 g/mol. The van der Waals surface area contributed by atoms with Gasteiger partial charge >= 0.3 is 0 Å². The van der Waals surface area contributed by atoms with Crippen molar-refractivity contribution in [3.05, 3.63) is 76.1 Å². The summed E-state index contributed by atoms with van der Waals surface area (Å²) in [5, 5.41) is 10.9. The minimum atomic E-state index is -0.403. The molecule has 0 saturated carbocycles. The van der Waals surface area contributed by atoms with Crippen LogP contribution in [0.3, 0.4) is 0 Å². The van der Waals surface area contributed by atoms with Crippen LogP contribution in [0.2, 0.25) is 0 Å². The molecule has 0 fully saturated rings. The van der Waals surface area contributed by atoms with Crippen LogP contribution in [-0.2, 0) is 11.2 Å². The Morgan fingerprint density at radius 1 is 1.17 bits per heavy atom. The Kier molecular flexibility index (Phi) is 5.34. The molecule has 1 N–H and O–H groups in total. The number of azo groups is 1. The summed E-state index contributed by atoms with van der Waals surface area (Å²) < 4.78 is 13.7. The first-order valence-electron chi connectivity index (χ1n) is 9.85. The summed E-state index contributed by atoms with van der Waals surface area (Å²) in [6.07, 6.45) is 4.39. The highest BCUT2D eigenvalue weighted by atomic mass is 19.1. The van der Waals surface area contributed by atoms with Gasteiger partial charge in [0.05, 0.1) is 6.04 Å². The van der Waals surface area contributed by atoms with Gasteiger partial charge in [-0.2, -0.15) is 5.11 Å². The van der Waals surface area contributed by atoms with Crippen molar-refractivity contribution in [1.82, 2.24) is 0 Å². The van der Waals surface area contributed by atoms with Crippen molar-refractivity contribution in [2.75, 3.05) is 5.32 Å². The lowest BCUT2D eigenvalue weighted by atomic mass is 9.84. The summed E-state index contributed by atoms with van der Waals surface area (Å²) in [7, 11) is 0. The van der Waals surface area contributed by atoms with E-state index < -0.39 is 5.82 Å². The zero-order valence-electron chi connectivity index (χ0n) is 16.2. The minimum Gasteiger partial charge on any atom is -0.322 e. The van der Waals surface area contributed by atoms with Crippen molar-refractivity contribution in [2.24, 2.45) is 10.2 Å². The molecule has 4 rings (SSSR count). The Balaban J connectivity index is 1.49. The van der Waals surface area contributed by atoms with E-state index in [1.165, 1.54) is 6.07 Å². The molecule has 148 valence electrons. The largest absolute Gasteiger partial charge is 0.322 e. The molecule has 2 amide bonds. The van der Waals surface area contributed by atoms with Crippen molar-refractivity contribution in [3.63, 3.8) is 0 Å². The van der Waals surface area contributed by atoms with Crippen LogP contribution in [-0.4, -0.2) is 17.9 Å². The second kappa shape index (κ2) is 8.07. The van der Waals surface area contributed by atoms with E-state index >= 15 is 0 Å². The second-order valence-corrected chi connectivity index (χ2v) is 7.57. The monoisotopic (exact) mass is 391 g/mol. The van der Waals surface area contributed by atoms with Crippen LogP contribution in [0.1, 0.15) is 47.2 Å². The molecule has 1 aliphatic heterocycles. The van der Waals surface area contributed by atoms with E-state index in [2.05, 4.69) is 15.5 Å². The first-order valence-corrected chi connectivity index (χ1v) is 9.85. The zero-order valence-corrected chi connectivity index (χ0v) is 16.2. The average Bonchev–Trinajstić information content (AvgIpc) is 2.72. The molecule has 2 aromatic rings. The van der Waals surface area contributed by atoms with Gasteiger partial charge in [0.1, 0.15) is 5.82 Å². The maximum Gasteiger partial charge on any atom is 0.291 e. The summed E-state index contributed by atoms with van der Waals surface area (Å²) in [5.41, 5.74) is 4.35. The first kappa shape index (κ1) is 19.2. The summed E-state index contributed by atoms with van der Waals surface area (Å²) in [5.74, 6) is -0.955. The number of carbonyl (C=O) groups excluding carboxylic acids is 2. The van der Waals surface area contributed by atoms with Crippen LogP contribution in [0.25, 0.3) is 0 Å². The van der Waals surface area contributed by atoms with Crippen LogP contribution in [0.4, 0.5) is 10.1 Å². The predicted molar refractivity (Wildman–Crippen MR) is 108 cm³/mol. The van der Waals surface area contributed by atoms with E-state index in [-0.39, 0.29) is 23.4 Å². The maximum atomic E-state index is 13.7. The van der Waals surface area contributed by atoms with Gasteiger partial charge in [-0.25, -0.2) is 4.39 Å². The third-order valence-corrected chi connectivity index (χ3v) is 5.51. The number of rotatable bonds is 4. The topological polar surface area (TPSA) is 70.9 Å². The van der Waals surface area contributed by atoms with Crippen LogP contribution >= 0.6 is 0 Å². The molecule has 29 heavy (non-hydrogen) atoms. The number of carbonyl (C=O) groups is 2. The molecule has 0 aromatic heterocycles. The third kappa shape index (κ3) is 4.16. The van der Waals surface area contributed by atoms with Gasteiger partial charge in [-0.05, 0) is 73.6 Å². The van der Waals surface area contributed by atoms with Crippen molar-refractivity contribution in [1.29, 1.82) is 0 Å². The quantitative estimate of drug-likeness (QED) is 0.782. The molecule has 6 heteroatoms. The standard InChI is InChI=1S/C23H22FN3O2/c1-14-9-10-16(13-20(14)24)22(28)25-17-6-4-5-15(11-17)12-21-18-7-2-3-8-19(18)23(29)27-26-21/h4-6,9-11,13,21H,2-3,7-8,12H2,1H3,(H,25,28). The molecule has 0 radical (unpaired) electrons. The highest BCUT2D eigenvalue weighted by Crippen LogP contribution is 2.33. The second-order valence-electron chi connectivity index (χ2n) is 7.57. The van der Waals surface area contributed by atoms with Crippen molar-refractivity contribution >= 4 is 17.5 Å². The lowest BCUT2D eigenvalue weighted by Crippen LogP contribution is -2.23. The number of benzene rings is 2. The number of aryl methyl sites for hydroxylation is 1. The SMILES string of the molecule is Cc1ccc(C(=O)Nc2cccc(CC3N=NC(=O)C4=C3CCCC4)c2)cc1F. The number of amides is 2. The van der Waals surface area contributed by atoms with Gasteiger partial charge in [0.25, 0.3) is 11.8 Å². The molecule has 0 spiro atoms. The Morgan fingerprint density at radius 2 is 2.00 bits per heavy atom. The molecule has 5 nitrogen and oxygen atoms in total. The van der Waals surface area contributed by atoms with Crippen molar-refractivity contribution in [2.45, 2.75) is 45.1 Å². The number of hydrogen-bond acceptors (Lipinski definition) is 3. The molecular weight excluding hydrogens is 369 g/mol. The highest BCUT2D eigenvalue weighted by Gasteiger charge is 2.28. The fourth-order valence-electron chi connectivity index (χ4n) is 3.89. The van der Waals surface area contributed by atoms with Gasteiger partial charge < -0.3 is 5.32 Å². The Morgan fingerprint density at radius 3 is 2.83 bits per heavy atom. The summed E-state index contributed by atoms with van der Waals surface area (Å²) in [6, 6.07) is 11.8. The van der Waals surface area contributed by atoms with E-state index in [0.717, 1.165) is 42.4 Å². The zero-order chi connectivity index (χ0) is 20.4. The summed E-state index contributed by atoms with van der Waals surface area (Å²) >= 11 is 0. The smallest absolute Gasteiger partial charge is 0.291 e. The lowest BCUT2D eigenvalue weighted by molar-refractivity contribution is -0.115. The minimum absolute atomic E-state index is 0.125. The van der Waals surface area contributed by atoms with Crippen LogP contribution in [0, 0.1) is 12.7 Å². The van der Waals surface area contributed by atoms with Gasteiger partial charge in [0.2, 0.25) is 0 Å². The summed E-state index contributed by atoms with van der Waals surface area (Å²) in [6.45, 7) is 1.66. The van der Waals surface area contributed by atoms with E-state index in [1.807, 2.05) is 18.2 Å². The Bertz CT molecular complexity index is 1040. The van der Waals surface area contributed by atoms with Gasteiger partial charge in [-0.15, -0.1) is 5.11 Å². The Hall–Kier alpha value is -3.15. The van der Waals surface area contributed by atoms with E-state index in [9.17, 15) is 14.0 Å². The van der Waals surface area contributed by atoms with E-state index in [4.69, 9.17) is 0 Å². The van der Waals surface area contributed by atoms with Crippen molar-refractivity contribution < 1.29 is 14.0 Å². The fraction of sp³-hybridized carbons (Fsp3) is 0.304. The molecule has 1 unspecified atom stereocenters. The van der Waals surface area contributed by atoms with Crippen molar-refractivity contribution in [3.8, 4) is 0 Å². The number of halogens is 1. The lowest BCUT2D eigenvalue weighted by Gasteiger charge is -2.25. The van der Waals surface area contributed by atoms with Gasteiger partial charge in [-0.3, -0.25) is 9.59 Å². The highest BCUT2D eigenvalue weighted by molar-refractivity contribution is 6.04. The molecule has 0 saturated heterocycles. The number of nitrogens with zero attached hydrogens (tertiary/aromatic N) is 2. The first-order chi connectivity index (χ1) is 14.0. The van der Waals surface area contributed by atoms with Gasteiger partial charge in [0, 0.05) is 23.2 Å². The fourth-order valence-corrected chi connectivity index (χ4v) is 3.89. The van der Waals surface area contributed by atoms with Crippen LogP contribution < -0.4 is 5.32 Å². The van der Waals surface area contributed by atoms with Gasteiger partial charge in [0.15, 0.2) is 0 Å². The third-order valence-electron chi connectivity index (χ3n) is 5.51. The molecule has 1 aliphatic carbocycles. The number of anilines is 1. The number of hydrogen-bond donors (Lipinski definition) is 1. The normalized spacial score (nSPS) is 18.6. The van der Waals surface area contributed by atoms with Crippen LogP contribution in [0.15, 0.2) is 63.8 Å². The molecule has 1 heterocycles. The Labute approximate surface area is 168 Å². The molecule has 1 atom stereocenters.